The first-order valence-corrected chi connectivity index (χ1v) is 11.4. The molecule has 2 amide bonds. The van der Waals surface area contributed by atoms with Gasteiger partial charge in [0.15, 0.2) is 5.76 Å². The topological polar surface area (TPSA) is 136 Å². The summed E-state index contributed by atoms with van der Waals surface area (Å²) in [6.45, 7) is 2.80. The van der Waals surface area contributed by atoms with Gasteiger partial charge in [0.1, 0.15) is 5.69 Å². The summed E-state index contributed by atoms with van der Waals surface area (Å²) < 4.78 is 5.77. The maximum Gasteiger partial charge on any atom is 0.227 e. The summed E-state index contributed by atoms with van der Waals surface area (Å²) in [5.74, 6) is -1.40. The number of Topliss-reactive ketones (excluding diaryl/α,β-unsaturated/α-hetero) is 1. The van der Waals surface area contributed by atoms with E-state index < -0.39 is 35.7 Å². The molecule has 1 heterocycles. The predicted octanol–water partition coefficient (Wildman–Crippen LogP) is 3.24. The number of rotatable bonds is 12. The fraction of sp³-hybridized carbons (Fsp3) is 0.296. The maximum atomic E-state index is 13.5. The zero-order chi connectivity index (χ0) is 25.4. The van der Waals surface area contributed by atoms with Gasteiger partial charge in [-0.25, -0.2) is 4.98 Å². The molecule has 1 atom stereocenters. The Balaban J connectivity index is 1.82. The summed E-state index contributed by atoms with van der Waals surface area (Å²) in [5, 5.41) is 12.5. The normalized spacial score (nSPS) is 12.2. The maximum absolute atomic E-state index is 13.5. The van der Waals surface area contributed by atoms with E-state index in [0.717, 1.165) is 5.56 Å². The molecule has 3 aromatic rings. The molecule has 0 bridgehead atoms. The Kier molecular flexibility index (Phi) is 8.54. The number of primary amides is 1. The molecule has 8 nitrogen and oxygen atoms in total. The van der Waals surface area contributed by atoms with Gasteiger partial charge in [0.05, 0.1) is 19.1 Å². The molecule has 0 saturated heterocycles. The number of amides is 2. The van der Waals surface area contributed by atoms with Gasteiger partial charge in [0.25, 0.3) is 0 Å². The van der Waals surface area contributed by atoms with Crippen LogP contribution in [-0.4, -0.2) is 33.7 Å². The molecule has 4 N–H and O–H groups in total. The van der Waals surface area contributed by atoms with Gasteiger partial charge in [-0.1, -0.05) is 62.4 Å². The van der Waals surface area contributed by atoms with Gasteiger partial charge in [-0.05, 0) is 37.0 Å². The molecule has 8 heteroatoms. The van der Waals surface area contributed by atoms with Crippen molar-refractivity contribution in [3.63, 3.8) is 0 Å². The third-order valence-electron chi connectivity index (χ3n) is 5.75. The third kappa shape index (κ3) is 6.86. The highest BCUT2D eigenvalue weighted by Crippen LogP contribution is 2.24. The van der Waals surface area contributed by atoms with Gasteiger partial charge in [-0.15, -0.1) is 0 Å². The molecular formula is C27H30N3O5. The lowest BCUT2D eigenvalue weighted by atomic mass is 9.87. The zero-order valence-electron chi connectivity index (χ0n) is 19.9. The lowest BCUT2D eigenvalue weighted by molar-refractivity contribution is -0.126. The minimum Gasteiger partial charge on any atom is -0.433 e. The minimum absolute atomic E-state index is 0.0952. The summed E-state index contributed by atoms with van der Waals surface area (Å²) in [5.41, 5.74) is 6.25. The average Bonchev–Trinajstić information content (AvgIpc) is 3.30. The number of ketones is 1. The van der Waals surface area contributed by atoms with Crippen LogP contribution >= 0.6 is 0 Å². The highest BCUT2D eigenvalue weighted by molar-refractivity contribution is 6.01. The number of carbonyl (C=O) groups excluding carboxylic acids is 3. The molecule has 1 radical (unpaired) electrons. The summed E-state index contributed by atoms with van der Waals surface area (Å²) in [4.78, 5) is 42.0. The number of aromatic nitrogens is 1. The quantitative estimate of drug-likeness (QED) is 0.343. The van der Waals surface area contributed by atoms with Crippen molar-refractivity contribution in [2.24, 2.45) is 11.1 Å². The van der Waals surface area contributed by atoms with Crippen LogP contribution in [-0.2, 0) is 22.6 Å². The van der Waals surface area contributed by atoms with Crippen LogP contribution in [0.2, 0.25) is 0 Å². The number of benzene rings is 2. The summed E-state index contributed by atoms with van der Waals surface area (Å²) >= 11 is 0. The lowest BCUT2D eigenvalue weighted by Gasteiger charge is -2.21. The van der Waals surface area contributed by atoms with E-state index in [0.29, 0.717) is 18.4 Å². The second kappa shape index (κ2) is 11.6. The average molecular weight is 477 g/mol. The predicted molar refractivity (Wildman–Crippen MR) is 131 cm³/mol. The van der Waals surface area contributed by atoms with Gasteiger partial charge in [0.2, 0.25) is 23.5 Å². The van der Waals surface area contributed by atoms with E-state index in [1.165, 1.54) is 6.42 Å². The molecule has 0 saturated carbocycles. The largest absolute Gasteiger partial charge is 0.433 e. The van der Waals surface area contributed by atoms with E-state index in [9.17, 15) is 19.5 Å². The van der Waals surface area contributed by atoms with Crippen LogP contribution < -0.4 is 11.1 Å². The van der Waals surface area contributed by atoms with Crippen LogP contribution in [0.25, 0.3) is 11.5 Å². The van der Waals surface area contributed by atoms with E-state index in [1.807, 2.05) is 48.5 Å². The highest BCUT2D eigenvalue weighted by Gasteiger charge is 2.30. The Bertz CT molecular complexity index is 1160. The molecule has 0 aliphatic rings. The highest BCUT2D eigenvalue weighted by atomic mass is 16.4. The first-order valence-electron chi connectivity index (χ1n) is 11.4. The Morgan fingerprint density at radius 1 is 1.09 bits per heavy atom. The molecule has 0 spiro atoms. The number of nitrogens with one attached hydrogen (secondary N) is 1. The monoisotopic (exact) mass is 476 g/mol. The summed E-state index contributed by atoms with van der Waals surface area (Å²) in [6, 6.07) is 17.7. The fourth-order valence-electron chi connectivity index (χ4n) is 3.42. The van der Waals surface area contributed by atoms with Gasteiger partial charge < -0.3 is 20.6 Å². The third-order valence-corrected chi connectivity index (χ3v) is 5.75. The number of aryl methyl sites for hydroxylation is 1. The number of nitrogens with zero attached hydrogens (tertiary/aromatic N) is 1. The minimum atomic E-state index is -0.933. The number of carbonyl (C=O) groups is 3. The number of aliphatic hydroxyl groups is 1. The molecule has 0 aliphatic heterocycles. The van der Waals surface area contributed by atoms with Crippen LogP contribution in [0.1, 0.15) is 48.5 Å². The van der Waals surface area contributed by atoms with Gasteiger partial charge in [-0.3, -0.25) is 14.4 Å². The number of hydrogen-bond donors (Lipinski definition) is 3. The molecule has 3 rings (SSSR count). The number of nitrogens with two attached hydrogens (primary N) is 1. The number of hydrogen-bond acceptors (Lipinski definition) is 6. The van der Waals surface area contributed by atoms with E-state index in [2.05, 4.69) is 10.3 Å². The van der Waals surface area contributed by atoms with Crippen molar-refractivity contribution < 1.29 is 23.9 Å². The van der Waals surface area contributed by atoms with Crippen molar-refractivity contribution in [2.75, 3.05) is 0 Å². The Morgan fingerprint density at radius 3 is 2.31 bits per heavy atom. The SMILES string of the molecule is CC(C)(C[CH]C(=O)NC(CCc1ccccc1)C(=O)c1oc(-c2ccccc2)nc1CO)C(N)=O. The van der Waals surface area contributed by atoms with Crippen LogP contribution in [0.5, 0.6) is 0 Å². The molecule has 0 fully saturated rings. The molecule has 0 aliphatic carbocycles. The van der Waals surface area contributed by atoms with Gasteiger partial charge in [0, 0.05) is 11.0 Å². The van der Waals surface area contributed by atoms with Gasteiger partial charge >= 0.3 is 0 Å². The Morgan fingerprint density at radius 2 is 1.71 bits per heavy atom. The van der Waals surface area contributed by atoms with E-state index in [4.69, 9.17) is 10.2 Å². The van der Waals surface area contributed by atoms with Crippen molar-refractivity contribution in [3.8, 4) is 11.5 Å². The van der Waals surface area contributed by atoms with Crippen LogP contribution in [0.3, 0.4) is 0 Å². The van der Waals surface area contributed by atoms with Crippen molar-refractivity contribution in [1.82, 2.24) is 10.3 Å². The summed E-state index contributed by atoms with van der Waals surface area (Å²) in [6.07, 6.45) is 2.26. The molecule has 183 valence electrons. The molecule has 35 heavy (non-hydrogen) atoms. The van der Waals surface area contributed by atoms with Crippen molar-refractivity contribution >= 4 is 17.6 Å². The first kappa shape index (κ1) is 25.8. The standard InChI is InChI=1S/C27H30N3O5/c1-27(2,26(28)34)16-15-22(32)29-20(14-13-18-9-5-3-6-10-18)23(33)24-21(17-31)30-25(35-24)19-11-7-4-8-12-19/h3-12,15,20,31H,13-14,16-17H2,1-2H3,(H2,28,34)(H,29,32). The zero-order valence-corrected chi connectivity index (χ0v) is 19.9. The van der Waals surface area contributed by atoms with Gasteiger partial charge in [-0.2, -0.15) is 0 Å². The Hall–Kier alpha value is -3.78. The smallest absolute Gasteiger partial charge is 0.227 e. The fourth-order valence-corrected chi connectivity index (χ4v) is 3.42. The second-order valence-electron chi connectivity index (χ2n) is 8.93. The van der Waals surface area contributed by atoms with Crippen molar-refractivity contribution in [3.05, 3.63) is 84.1 Å². The number of aliphatic hydroxyl groups excluding tert-OH is 1. The summed E-state index contributed by atoms with van der Waals surface area (Å²) in [7, 11) is 0. The van der Waals surface area contributed by atoms with E-state index in [1.54, 1.807) is 26.0 Å². The van der Waals surface area contributed by atoms with Crippen LogP contribution in [0.4, 0.5) is 0 Å². The molecule has 1 aromatic heterocycles. The molecular weight excluding hydrogens is 446 g/mol. The van der Waals surface area contributed by atoms with Crippen molar-refractivity contribution in [1.29, 1.82) is 0 Å². The van der Waals surface area contributed by atoms with Crippen molar-refractivity contribution in [2.45, 2.75) is 45.8 Å². The number of oxazole rings is 1. The van der Waals surface area contributed by atoms with E-state index >= 15 is 0 Å². The molecule has 1 unspecified atom stereocenters. The first-order chi connectivity index (χ1) is 16.7. The second-order valence-corrected chi connectivity index (χ2v) is 8.93. The molecule has 2 aromatic carbocycles. The van der Waals surface area contributed by atoms with Crippen LogP contribution in [0, 0.1) is 11.8 Å². The van der Waals surface area contributed by atoms with E-state index in [-0.39, 0.29) is 23.8 Å². The van der Waals surface area contributed by atoms with Crippen LogP contribution in [0.15, 0.2) is 65.1 Å². The Labute approximate surface area is 204 Å². The lowest BCUT2D eigenvalue weighted by Crippen LogP contribution is -2.42.